The third kappa shape index (κ3) is 6.01. The van der Waals surface area contributed by atoms with Gasteiger partial charge in [0.05, 0.1) is 13.2 Å². The number of hydrogen-bond acceptors (Lipinski definition) is 7. The van der Waals surface area contributed by atoms with Crippen LogP contribution in [0.5, 0.6) is 12.0 Å². The molecule has 1 aromatic heterocycles. The zero-order valence-electron chi connectivity index (χ0n) is 12.7. The van der Waals surface area contributed by atoms with Gasteiger partial charge in [-0.3, -0.25) is 0 Å². The van der Waals surface area contributed by atoms with Crippen molar-refractivity contribution in [2.24, 2.45) is 0 Å². The fourth-order valence-electron chi connectivity index (χ4n) is 1.38. The van der Waals surface area contributed by atoms with Gasteiger partial charge in [0.1, 0.15) is 6.10 Å². The Kier molecular flexibility index (Phi) is 7.64. The first-order valence-electron chi connectivity index (χ1n) is 7.06. The fraction of sp³-hybridized carbons (Fsp3) is 0.769. The molecule has 20 heavy (non-hydrogen) atoms. The molecule has 1 aromatic rings. The third-order valence-corrected chi connectivity index (χ3v) is 2.23. The Morgan fingerprint density at radius 3 is 2.50 bits per heavy atom. The van der Waals surface area contributed by atoms with Crippen LogP contribution >= 0.6 is 0 Å². The van der Waals surface area contributed by atoms with Crippen LogP contribution in [-0.2, 0) is 4.74 Å². The van der Waals surface area contributed by atoms with Crippen LogP contribution < -0.4 is 14.8 Å². The van der Waals surface area contributed by atoms with E-state index in [4.69, 9.17) is 14.2 Å². The molecule has 1 heterocycles. The van der Waals surface area contributed by atoms with E-state index >= 15 is 0 Å². The molecule has 0 saturated heterocycles. The maximum absolute atomic E-state index is 5.62. The van der Waals surface area contributed by atoms with Gasteiger partial charge in [0.2, 0.25) is 5.95 Å². The first-order chi connectivity index (χ1) is 9.69. The lowest BCUT2D eigenvalue weighted by atomic mass is 10.4. The molecular weight excluding hydrogens is 260 g/mol. The average Bonchev–Trinajstić information content (AvgIpc) is 2.43. The molecule has 0 fully saturated rings. The molecule has 0 amide bonds. The van der Waals surface area contributed by atoms with Crippen molar-refractivity contribution in [3.8, 4) is 12.0 Å². The quantitative estimate of drug-likeness (QED) is 0.703. The Hall–Kier alpha value is -1.63. The van der Waals surface area contributed by atoms with Crippen molar-refractivity contribution in [1.29, 1.82) is 0 Å². The molecule has 0 aliphatic carbocycles. The van der Waals surface area contributed by atoms with E-state index in [0.29, 0.717) is 32.3 Å². The van der Waals surface area contributed by atoms with Crippen molar-refractivity contribution in [2.45, 2.75) is 40.2 Å². The van der Waals surface area contributed by atoms with E-state index in [0.717, 1.165) is 6.42 Å². The summed E-state index contributed by atoms with van der Waals surface area (Å²) in [6.07, 6.45) is 0.755. The predicted octanol–water partition coefficient (Wildman–Crippen LogP) is 1.90. The lowest BCUT2D eigenvalue weighted by molar-refractivity contribution is 0.0601. The minimum Gasteiger partial charge on any atom is -0.463 e. The molecule has 0 bridgehead atoms. The van der Waals surface area contributed by atoms with E-state index in [1.807, 2.05) is 27.7 Å². The number of anilines is 1. The first-order valence-corrected chi connectivity index (χ1v) is 7.06. The third-order valence-electron chi connectivity index (χ3n) is 2.23. The Bertz CT molecular complexity index is 390. The summed E-state index contributed by atoms with van der Waals surface area (Å²) >= 11 is 0. The summed E-state index contributed by atoms with van der Waals surface area (Å²) in [4.78, 5) is 12.5. The highest BCUT2D eigenvalue weighted by Gasteiger charge is 2.11. The van der Waals surface area contributed by atoms with Gasteiger partial charge in [-0.05, 0) is 27.2 Å². The number of nitrogens with one attached hydrogen (secondary N) is 1. The first kappa shape index (κ1) is 16.4. The van der Waals surface area contributed by atoms with Crippen molar-refractivity contribution in [2.75, 3.05) is 31.7 Å². The molecule has 0 radical (unpaired) electrons. The van der Waals surface area contributed by atoms with Gasteiger partial charge in [0.15, 0.2) is 0 Å². The standard InChI is InChI=1S/C13H24N4O3/c1-5-8-19-12-15-11(14-6-2)16-13(17-12)20-10(4)9-18-7-3/h10H,5-9H2,1-4H3,(H,14,15,16,17). The summed E-state index contributed by atoms with van der Waals surface area (Å²) in [7, 11) is 0. The second-order valence-corrected chi connectivity index (χ2v) is 4.19. The molecule has 1 unspecified atom stereocenters. The minimum atomic E-state index is -0.133. The predicted molar refractivity (Wildman–Crippen MR) is 76.4 cm³/mol. The second-order valence-electron chi connectivity index (χ2n) is 4.19. The summed E-state index contributed by atoms with van der Waals surface area (Å²) in [6, 6.07) is 0.519. The van der Waals surface area contributed by atoms with Gasteiger partial charge < -0.3 is 19.5 Å². The Morgan fingerprint density at radius 2 is 1.85 bits per heavy atom. The summed E-state index contributed by atoms with van der Waals surface area (Å²) in [5, 5.41) is 3.03. The van der Waals surface area contributed by atoms with Crippen LogP contribution in [0.4, 0.5) is 5.95 Å². The number of nitrogens with zero attached hydrogens (tertiary/aromatic N) is 3. The van der Waals surface area contributed by atoms with E-state index in [1.165, 1.54) is 0 Å². The molecule has 0 spiro atoms. The number of hydrogen-bond donors (Lipinski definition) is 1. The lowest BCUT2D eigenvalue weighted by Gasteiger charge is -2.14. The van der Waals surface area contributed by atoms with Gasteiger partial charge in [-0.1, -0.05) is 6.92 Å². The Labute approximate surface area is 120 Å². The van der Waals surface area contributed by atoms with Gasteiger partial charge in [-0.25, -0.2) is 0 Å². The highest BCUT2D eigenvalue weighted by molar-refractivity contribution is 5.27. The highest BCUT2D eigenvalue weighted by Crippen LogP contribution is 2.14. The molecule has 0 aromatic carbocycles. The van der Waals surface area contributed by atoms with Crippen LogP contribution in [-0.4, -0.2) is 47.4 Å². The number of ether oxygens (including phenoxy) is 3. The van der Waals surface area contributed by atoms with Crippen LogP contribution in [0.1, 0.15) is 34.1 Å². The van der Waals surface area contributed by atoms with Crippen LogP contribution in [0.15, 0.2) is 0 Å². The van der Waals surface area contributed by atoms with E-state index in [9.17, 15) is 0 Å². The summed E-state index contributed by atoms with van der Waals surface area (Å²) in [6.45, 7) is 10.2. The van der Waals surface area contributed by atoms with Gasteiger partial charge in [-0.2, -0.15) is 9.97 Å². The average molecular weight is 284 g/mol. The van der Waals surface area contributed by atoms with Crippen LogP contribution in [0.2, 0.25) is 0 Å². The molecule has 7 nitrogen and oxygen atoms in total. The van der Waals surface area contributed by atoms with Crippen molar-refractivity contribution in [1.82, 2.24) is 15.0 Å². The molecule has 0 saturated carbocycles. The largest absolute Gasteiger partial charge is 0.463 e. The normalized spacial score (nSPS) is 12.0. The summed E-state index contributed by atoms with van der Waals surface area (Å²) in [5.74, 6) is 0.451. The zero-order chi connectivity index (χ0) is 14.8. The molecule has 0 aliphatic rings. The molecule has 1 atom stereocenters. The maximum atomic E-state index is 5.62. The van der Waals surface area contributed by atoms with Gasteiger partial charge in [0, 0.05) is 13.2 Å². The van der Waals surface area contributed by atoms with Crippen LogP contribution in [0.25, 0.3) is 0 Å². The van der Waals surface area contributed by atoms with Crippen molar-refractivity contribution in [3.05, 3.63) is 0 Å². The molecule has 1 rings (SSSR count). The smallest absolute Gasteiger partial charge is 0.324 e. The van der Waals surface area contributed by atoms with E-state index in [2.05, 4.69) is 20.3 Å². The molecule has 7 heteroatoms. The van der Waals surface area contributed by atoms with Gasteiger partial charge >= 0.3 is 12.0 Å². The van der Waals surface area contributed by atoms with E-state index < -0.39 is 0 Å². The van der Waals surface area contributed by atoms with Crippen molar-refractivity contribution in [3.63, 3.8) is 0 Å². The minimum absolute atomic E-state index is 0.133. The maximum Gasteiger partial charge on any atom is 0.324 e. The summed E-state index contributed by atoms with van der Waals surface area (Å²) < 4.78 is 16.3. The Balaban J connectivity index is 2.73. The lowest BCUT2D eigenvalue weighted by Crippen LogP contribution is -2.21. The fourth-order valence-corrected chi connectivity index (χ4v) is 1.38. The molecule has 1 N–H and O–H groups in total. The SMILES string of the molecule is CCCOc1nc(NCC)nc(OC(C)COCC)n1. The van der Waals surface area contributed by atoms with E-state index in [1.54, 1.807) is 0 Å². The zero-order valence-corrected chi connectivity index (χ0v) is 12.7. The van der Waals surface area contributed by atoms with Crippen LogP contribution in [0.3, 0.4) is 0 Å². The van der Waals surface area contributed by atoms with Crippen molar-refractivity contribution >= 4 is 5.95 Å². The monoisotopic (exact) mass is 284 g/mol. The van der Waals surface area contributed by atoms with Gasteiger partial charge in [-0.15, -0.1) is 4.98 Å². The van der Waals surface area contributed by atoms with E-state index in [-0.39, 0.29) is 18.1 Å². The summed E-state index contributed by atoms with van der Waals surface area (Å²) in [5.41, 5.74) is 0. The molecule has 114 valence electrons. The Morgan fingerprint density at radius 1 is 1.10 bits per heavy atom. The van der Waals surface area contributed by atoms with Crippen molar-refractivity contribution < 1.29 is 14.2 Å². The number of rotatable bonds is 10. The molecular formula is C13H24N4O3. The molecule has 0 aliphatic heterocycles. The second kappa shape index (κ2) is 9.30. The topological polar surface area (TPSA) is 78.4 Å². The highest BCUT2D eigenvalue weighted by atomic mass is 16.5. The van der Waals surface area contributed by atoms with Crippen LogP contribution in [0, 0.1) is 0 Å². The van der Waals surface area contributed by atoms with Gasteiger partial charge in [0.25, 0.3) is 0 Å². The number of aromatic nitrogens is 3.